The van der Waals surface area contributed by atoms with Crippen molar-refractivity contribution in [3.63, 3.8) is 0 Å². The van der Waals surface area contributed by atoms with E-state index in [2.05, 4.69) is 55.1 Å². The summed E-state index contributed by atoms with van der Waals surface area (Å²) in [7, 11) is 0. The highest BCUT2D eigenvalue weighted by atomic mass is 16.2. The van der Waals surface area contributed by atoms with E-state index in [9.17, 15) is 4.79 Å². The van der Waals surface area contributed by atoms with Crippen LogP contribution < -0.4 is 9.80 Å². The van der Waals surface area contributed by atoms with Crippen molar-refractivity contribution in [1.29, 1.82) is 0 Å². The van der Waals surface area contributed by atoms with Gasteiger partial charge in [0.1, 0.15) is 0 Å². The van der Waals surface area contributed by atoms with Crippen molar-refractivity contribution in [3.8, 4) is 0 Å². The van der Waals surface area contributed by atoms with E-state index < -0.39 is 0 Å². The molecule has 1 aliphatic heterocycles. The van der Waals surface area contributed by atoms with E-state index in [1.54, 1.807) is 0 Å². The molecule has 0 bridgehead atoms. The summed E-state index contributed by atoms with van der Waals surface area (Å²) in [4.78, 5) is 17.0. The SMILES string of the molecule is CCN(C(=O)CCN1c2ccccc2CC1C)c1cccc(C)c1. The Balaban J connectivity index is 1.69. The van der Waals surface area contributed by atoms with E-state index in [0.717, 1.165) is 18.7 Å². The predicted octanol–water partition coefficient (Wildman–Crippen LogP) is 4.19. The average molecular weight is 322 g/mol. The van der Waals surface area contributed by atoms with Crippen LogP contribution in [0.25, 0.3) is 0 Å². The number of rotatable bonds is 5. The number of hydrogen-bond acceptors (Lipinski definition) is 2. The normalized spacial score (nSPS) is 16.1. The van der Waals surface area contributed by atoms with Gasteiger partial charge in [-0.25, -0.2) is 0 Å². The summed E-state index contributed by atoms with van der Waals surface area (Å²) in [5.74, 6) is 0.194. The Morgan fingerprint density at radius 2 is 2.00 bits per heavy atom. The molecule has 0 radical (unpaired) electrons. The molecular formula is C21H26N2O. The number of carbonyl (C=O) groups is 1. The maximum absolute atomic E-state index is 12.8. The molecular weight excluding hydrogens is 296 g/mol. The van der Waals surface area contributed by atoms with Crippen LogP contribution in [0.5, 0.6) is 0 Å². The summed E-state index contributed by atoms with van der Waals surface area (Å²) >= 11 is 0. The van der Waals surface area contributed by atoms with Gasteiger partial charge in [-0.3, -0.25) is 4.79 Å². The monoisotopic (exact) mass is 322 g/mol. The van der Waals surface area contributed by atoms with Gasteiger partial charge in [0.25, 0.3) is 0 Å². The van der Waals surface area contributed by atoms with Crippen molar-refractivity contribution < 1.29 is 4.79 Å². The zero-order valence-corrected chi connectivity index (χ0v) is 14.8. The van der Waals surface area contributed by atoms with Gasteiger partial charge < -0.3 is 9.80 Å². The number of hydrogen-bond donors (Lipinski definition) is 0. The lowest BCUT2D eigenvalue weighted by molar-refractivity contribution is -0.118. The molecule has 0 N–H and O–H groups in total. The van der Waals surface area contributed by atoms with Crippen molar-refractivity contribution in [1.82, 2.24) is 0 Å². The number of carbonyl (C=O) groups excluding carboxylic acids is 1. The Labute approximate surface area is 144 Å². The molecule has 1 atom stereocenters. The minimum Gasteiger partial charge on any atom is -0.368 e. The summed E-state index contributed by atoms with van der Waals surface area (Å²) in [6, 6.07) is 17.2. The predicted molar refractivity (Wildman–Crippen MR) is 101 cm³/mol. The Morgan fingerprint density at radius 1 is 1.21 bits per heavy atom. The zero-order valence-electron chi connectivity index (χ0n) is 14.8. The number of para-hydroxylation sites is 1. The lowest BCUT2D eigenvalue weighted by Crippen LogP contribution is -2.36. The molecule has 1 heterocycles. The molecule has 3 heteroatoms. The fourth-order valence-electron chi connectivity index (χ4n) is 3.62. The van der Waals surface area contributed by atoms with Gasteiger partial charge >= 0.3 is 0 Å². The summed E-state index contributed by atoms with van der Waals surface area (Å²) in [5, 5.41) is 0. The molecule has 0 aliphatic carbocycles. The largest absolute Gasteiger partial charge is 0.368 e. The van der Waals surface area contributed by atoms with Crippen LogP contribution in [0.2, 0.25) is 0 Å². The Morgan fingerprint density at radius 3 is 2.75 bits per heavy atom. The Kier molecular flexibility index (Phi) is 4.89. The number of anilines is 2. The van der Waals surface area contributed by atoms with Gasteiger partial charge in [-0.2, -0.15) is 0 Å². The number of fused-ring (bicyclic) bond motifs is 1. The maximum atomic E-state index is 12.8. The van der Waals surface area contributed by atoms with E-state index in [1.807, 2.05) is 24.0 Å². The third-order valence-corrected chi connectivity index (χ3v) is 4.85. The average Bonchev–Trinajstić information content (AvgIpc) is 2.89. The minimum absolute atomic E-state index is 0.194. The van der Waals surface area contributed by atoms with Gasteiger partial charge in [0.05, 0.1) is 0 Å². The summed E-state index contributed by atoms with van der Waals surface area (Å²) in [6.07, 6.45) is 1.61. The molecule has 3 rings (SSSR count). The first-order valence-corrected chi connectivity index (χ1v) is 8.81. The smallest absolute Gasteiger partial charge is 0.228 e. The Bertz CT molecular complexity index is 725. The van der Waals surface area contributed by atoms with Gasteiger partial charge in [0.2, 0.25) is 5.91 Å². The second-order valence-electron chi connectivity index (χ2n) is 6.60. The molecule has 1 unspecified atom stereocenters. The molecule has 0 fully saturated rings. The topological polar surface area (TPSA) is 23.6 Å². The van der Waals surface area contributed by atoms with Crippen molar-refractivity contribution in [2.75, 3.05) is 22.9 Å². The van der Waals surface area contributed by atoms with Crippen LogP contribution in [0.15, 0.2) is 48.5 Å². The highest BCUT2D eigenvalue weighted by Crippen LogP contribution is 2.31. The molecule has 2 aromatic carbocycles. The van der Waals surface area contributed by atoms with E-state index in [1.165, 1.54) is 16.8 Å². The molecule has 0 saturated carbocycles. The van der Waals surface area contributed by atoms with Gasteiger partial charge in [-0.05, 0) is 56.5 Å². The molecule has 3 nitrogen and oxygen atoms in total. The molecule has 126 valence electrons. The lowest BCUT2D eigenvalue weighted by Gasteiger charge is -2.27. The van der Waals surface area contributed by atoms with E-state index >= 15 is 0 Å². The molecule has 1 aliphatic rings. The molecule has 0 saturated heterocycles. The van der Waals surface area contributed by atoms with E-state index in [-0.39, 0.29) is 5.91 Å². The van der Waals surface area contributed by atoms with Crippen molar-refractivity contribution in [2.45, 2.75) is 39.7 Å². The molecule has 1 amide bonds. The first-order valence-electron chi connectivity index (χ1n) is 8.81. The highest BCUT2D eigenvalue weighted by Gasteiger charge is 2.26. The third-order valence-electron chi connectivity index (χ3n) is 4.85. The molecule has 0 spiro atoms. The third kappa shape index (κ3) is 3.30. The quantitative estimate of drug-likeness (QED) is 0.824. The van der Waals surface area contributed by atoms with Crippen LogP contribution in [0, 0.1) is 6.92 Å². The van der Waals surface area contributed by atoms with Gasteiger partial charge in [-0.1, -0.05) is 30.3 Å². The standard InChI is InChI=1S/C21H26N2O/c1-4-22(19-10-7-8-16(2)14-19)21(24)12-13-23-17(3)15-18-9-5-6-11-20(18)23/h5-11,14,17H,4,12-13,15H2,1-3H3. The van der Waals surface area contributed by atoms with Crippen LogP contribution in [0.3, 0.4) is 0 Å². The fourth-order valence-corrected chi connectivity index (χ4v) is 3.62. The lowest BCUT2D eigenvalue weighted by atomic mass is 10.1. The van der Waals surface area contributed by atoms with Crippen LogP contribution in [0.4, 0.5) is 11.4 Å². The van der Waals surface area contributed by atoms with Crippen molar-refractivity contribution in [2.24, 2.45) is 0 Å². The number of benzene rings is 2. The van der Waals surface area contributed by atoms with Crippen LogP contribution in [-0.2, 0) is 11.2 Å². The van der Waals surface area contributed by atoms with Crippen molar-refractivity contribution in [3.05, 3.63) is 59.7 Å². The highest BCUT2D eigenvalue weighted by molar-refractivity contribution is 5.93. The zero-order chi connectivity index (χ0) is 17.1. The second-order valence-corrected chi connectivity index (χ2v) is 6.60. The van der Waals surface area contributed by atoms with Crippen LogP contribution >= 0.6 is 0 Å². The Hall–Kier alpha value is -2.29. The van der Waals surface area contributed by atoms with E-state index in [0.29, 0.717) is 19.0 Å². The second kappa shape index (κ2) is 7.08. The fraction of sp³-hybridized carbons (Fsp3) is 0.381. The maximum Gasteiger partial charge on any atom is 0.228 e. The number of aryl methyl sites for hydroxylation is 1. The first kappa shape index (κ1) is 16.6. The summed E-state index contributed by atoms with van der Waals surface area (Å²) in [5.41, 5.74) is 4.86. The molecule has 24 heavy (non-hydrogen) atoms. The van der Waals surface area contributed by atoms with E-state index in [4.69, 9.17) is 0 Å². The summed E-state index contributed by atoms with van der Waals surface area (Å²) in [6.45, 7) is 7.81. The first-order chi connectivity index (χ1) is 11.6. The van der Waals surface area contributed by atoms with Crippen molar-refractivity contribution >= 4 is 17.3 Å². The number of nitrogens with zero attached hydrogens (tertiary/aromatic N) is 2. The molecule has 0 aromatic heterocycles. The van der Waals surface area contributed by atoms with Crippen LogP contribution in [0.1, 0.15) is 31.4 Å². The number of amides is 1. The minimum atomic E-state index is 0.194. The van der Waals surface area contributed by atoms with Crippen LogP contribution in [-0.4, -0.2) is 25.0 Å². The summed E-state index contributed by atoms with van der Waals surface area (Å²) < 4.78 is 0. The van der Waals surface area contributed by atoms with Gasteiger partial charge in [0.15, 0.2) is 0 Å². The van der Waals surface area contributed by atoms with Gasteiger partial charge in [0, 0.05) is 36.9 Å². The molecule has 2 aromatic rings. The van der Waals surface area contributed by atoms with Gasteiger partial charge in [-0.15, -0.1) is 0 Å².